The summed E-state index contributed by atoms with van der Waals surface area (Å²) in [6.07, 6.45) is 0.188. The molecule has 6 heteroatoms. The van der Waals surface area contributed by atoms with E-state index in [4.69, 9.17) is 0 Å². The topological polar surface area (TPSA) is 49.4 Å². The molecule has 4 nitrogen and oxygen atoms in total. The van der Waals surface area contributed by atoms with Crippen molar-refractivity contribution in [1.29, 1.82) is 0 Å². The summed E-state index contributed by atoms with van der Waals surface area (Å²) in [5.41, 5.74) is 3.40. The second kappa shape index (κ2) is 11.6. The Morgan fingerprint density at radius 3 is 2.29 bits per heavy atom. The van der Waals surface area contributed by atoms with E-state index in [1.54, 1.807) is 17.0 Å². The van der Waals surface area contributed by atoms with Gasteiger partial charge in [-0.3, -0.25) is 9.59 Å². The first-order valence-electron chi connectivity index (χ1n) is 11.4. The average Bonchev–Trinajstić information content (AvgIpc) is 3.38. The molecule has 1 atom stereocenters. The van der Waals surface area contributed by atoms with Gasteiger partial charge in [0.25, 0.3) is 0 Å². The molecule has 35 heavy (non-hydrogen) atoms. The fraction of sp³-hybridized carbons (Fsp3) is 0.172. The van der Waals surface area contributed by atoms with Crippen LogP contribution in [0.2, 0.25) is 0 Å². The number of rotatable bonds is 9. The van der Waals surface area contributed by atoms with Crippen LogP contribution in [-0.2, 0) is 29.1 Å². The predicted molar refractivity (Wildman–Crippen MR) is 137 cm³/mol. The molecule has 0 radical (unpaired) electrons. The van der Waals surface area contributed by atoms with Crippen LogP contribution in [0.25, 0.3) is 0 Å². The Labute approximate surface area is 209 Å². The molecule has 3 aromatic carbocycles. The zero-order chi connectivity index (χ0) is 24.6. The van der Waals surface area contributed by atoms with Crippen LogP contribution in [0.1, 0.15) is 33.2 Å². The highest BCUT2D eigenvalue weighted by atomic mass is 32.1. The third-order valence-electron chi connectivity index (χ3n) is 5.84. The van der Waals surface area contributed by atoms with Crippen molar-refractivity contribution in [3.05, 3.63) is 129 Å². The summed E-state index contributed by atoms with van der Waals surface area (Å²) >= 11 is 1.51. The summed E-state index contributed by atoms with van der Waals surface area (Å²) in [6, 6.07) is 26.3. The van der Waals surface area contributed by atoms with E-state index < -0.39 is 6.04 Å². The van der Waals surface area contributed by atoms with Crippen molar-refractivity contribution in [2.75, 3.05) is 0 Å². The Hall–Kier alpha value is -3.77. The Bertz CT molecular complexity index is 1260. The molecule has 0 aliphatic carbocycles. The highest BCUT2D eigenvalue weighted by Crippen LogP contribution is 2.28. The largest absolute Gasteiger partial charge is 0.350 e. The lowest BCUT2D eigenvalue weighted by Gasteiger charge is -2.32. The van der Waals surface area contributed by atoms with E-state index >= 15 is 0 Å². The van der Waals surface area contributed by atoms with Gasteiger partial charge in [0.2, 0.25) is 11.8 Å². The first-order valence-corrected chi connectivity index (χ1v) is 12.3. The van der Waals surface area contributed by atoms with Gasteiger partial charge in [0.1, 0.15) is 11.9 Å². The molecular formula is C29H27FN2O2S. The summed E-state index contributed by atoms with van der Waals surface area (Å²) in [5, 5.41) is 4.95. The van der Waals surface area contributed by atoms with Crippen molar-refractivity contribution < 1.29 is 14.0 Å². The lowest BCUT2D eigenvalue weighted by atomic mass is 9.97. The van der Waals surface area contributed by atoms with Gasteiger partial charge in [-0.05, 0) is 52.8 Å². The number of halogens is 1. The quantitative estimate of drug-likeness (QED) is 0.324. The number of benzene rings is 3. The maximum absolute atomic E-state index is 13.7. The fourth-order valence-corrected chi connectivity index (χ4v) is 4.70. The van der Waals surface area contributed by atoms with Crippen LogP contribution in [0.3, 0.4) is 0 Å². The molecule has 1 N–H and O–H groups in total. The van der Waals surface area contributed by atoms with Gasteiger partial charge in [0.15, 0.2) is 0 Å². The van der Waals surface area contributed by atoms with Crippen LogP contribution in [0, 0.1) is 12.7 Å². The van der Waals surface area contributed by atoms with Crippen molar-refractivity contribution in [3.63, 3.8) is 0 Å². The molecule has 0 saturated heterocycles. The number of nitrogens with one attached hydrogen (secondary N) is 1. The van der Waals surface area contributed by atoms with Gasteiger partial charge in [-0.2, -0.15) is 0 Å². The molecule has 0 fully saturated rings. The van der Waals surface area contributed by atoms with Crippen LogP contribution >= 0.6 is 11.3 Å². The van der Waals surface area contributed by atoms with Crippen LogP contribution < -0.4 is 5.32 Å². The highest BCUT2D eigenvalue weighted by Gasteiger charge is 2.32. The van der Waals surface area contributed by atoms with Crippen LogP contribution in [0.4, 0.5) is 4.39 Å². The predicted octanol–water partition coefficient (Wildman–Crippen LogP) is 5.82. The number of nitrogens with zero attached hydrogens (tertiary/aromatic N) is 1. The maximum Gasteiger partial charge on any atom is 0.247 e. The number of carbonyl (C=O) groups excluding carboxylic acids is 2. The summed E-state index contributed by atoms with van der Waals surface area (Å²) in [4.78, 5) is 29.9. The number of aryl methyl sites for hydroxylation is 1. The lowest BCUT2D eigenvalue weighted by Crippen LogP contribution is -2.44. The van der Waals surface area contributed by atoms with Gasteiger partial charge >= 0.3 is 0 Å². The van der Waals surface area contributed by atoms with E-state index in [-0.39, 0.29) is 30.6 Å². The number of amides is 2. The monoisotopic (exact) mass is 486 g/mol. The van der Waals surface area contributed by atoms with Crippen molar-refractivity contribution in [3.8, 4) is 0 Å². The normalized spacial score (nSPS) is 11.6. The van der Waals surface area contributed by atoms with E-state index in [0.717, 1.165) is 27.1 Å². The number of thiophene rings is 1. The van der Waals surface area contributed by atoms with Crippen molar-refractivity contribution in [1.82, 2.24) is 10.2 Å². The minimum absolute atomic E-state index is 0.167. The highest BCUT2D eigenvalue weighted by molar-refractivity contribution is 7.10. The number of hydrogen-bond acceptors (Lipinski definition) is 3. The standard InChI is InChI=1S/C29H27FN2O2S/c1-21-8-5-6-12-26(21)28(29(34)31-19-22-9-3-2-4-10-22)32(20-23-13-15-24(30)16-14-23)27(33)18-25-11-7-17-35-25/h2-17,28H,18-20H2,1H3,(H,31,34)/t28-/m0/s1. The molecule has 0 aliphatic heterocycles. The Morgan fingerprint density at radius 2 is 1.60 bits per heavy atom. The third-order valence-corrected chi connectivity index (χ3v) is 6.72. The van der Waals surface area contributed by atoms with E-state index in [2.05, 4.69) is 5.32 Å². The van der Waals surface area contributed by atoms with Gasteiger partial charge < -0.3 is 10.2 Å². The second-order valence-electron chi connectivity index (χ2n) is 8.37. The maximum atomic E-state index is 13.7. The molecule has 178 valence electrons. The minimum Gasteiger partial charge on any atom is -0.350 e. The van der Waals surface area contributed by atoms with Crippen LogP contribution in [0.15, 0.2) is 96.4 Å². The average molecular weight is 487 g/mol. The zero-order valence-corrected chi connectivity index (χ0v) is 20.3. The molecular weight excluding hydrogens is 459 g/mol. The second-order valence-corrected chi connectivity index (χ2v) is 9.40. The molecule has 4 rings (SSSR count). The molecule has 2 amide bonds. The Morgan fingerprint density at radius 1 is 0.886 bits per heavy atom. The number of hydrogen-bond donors (Lipinski definition) is 1. The van der Waals surface area contributed by atoms with Gasteiger partial charge in [-0.15, -0.1) is 11.3 Å². The lowest BCUT2D eigenvalue weighted by molar-refractivity contribution is -0.141. The first-order chi connectivity index (χ1) is 17.0. The minimum atomic E-state index is -0.836. The summed E-state index contributed by atoms with van der Waals surface area (Å²) in [5.74, 6) is -0.772. The number of carbonyl (C=O) groups is 2. The zero-order valence-electron chi connectivity index (χ0n) is 19.5. The van der Waals surface area contributed by atoms with Crippen molar-refractivity contribution in [2.45, 2.75) is 32.5 Å². The van der Waals surface area contributed by atoms with Gasteiger partial charge in [-0.1, -0.05) is 72.8 Å². The van der Waals surface area contributed by atoms with E-state index in [1.807, 2.05) is 79.0 Å². The smallest absolute Gasteiger partial charge is 0.247 e. The summed E-state index contributed by atoms with van der Waals surface area (Å²) < 4.78 is 13.6. The van der Waals surface area contributed by atoms with Gasteiger partial charge in [0.05, 0.1) is 6.42 Å². The SMILES string of the molecule is Cc1ccccc1[C@@H](C(=O)NCc1ccccc1)N(Cc1ccc(F)cc1)C(=O)Cc1cccs1. The summed E-state index contributed by atoms with van der Waals surface area (Å²) in [6.45, 7) is 2.47. The van der Waals surface area contributed by atoms with Gasteiger partial charge in [0, 0.05) is 18.0 Å². The molecule has 1 heterocycles. The van der Waals surface area contributed by atoms with Crippen LogP contribution in [0.5, 0.6) is 0 Å². The van der Waals surface area contributed by atoms with Crippen molar-refractivity contribution >= 4 is 23.2 Å². The molecule has 0 aliphatic rings. The molecule has 0 unspecified atom stereocenters. The van der Waals surface area contributed by atoms with Crippen molar-refractivity contribution in [2.24, 2.45) is 0 Å². The van der Waals surface area contributed by atoms with E-state index in [9.17, 15) is 14.0 Å². The third kappa shape index (κ3) is 6.43. The molecule has 0 spiro atoms. The molecule has 4 aromatic rings. The molecule has 1 aromatic heterocycles. The summed E-state index contributed by atoms with van der Waals surface area (Å²) in [7, 11) is 0. The van der Waals surface area contributed by atoms with E-state index in [0.29, 0.717) is 6.54 Å². The van der Waals surface area contributed by atoms with E-state index in [1.165, 1.54) is 23.5 Å². The Balaban J connectivity index is 1.70. The Kier molecular flexibility index (Phi) is 8.06. The molecule has 0 saturated carbocycles. The first kappa shape index (κ1) is 24.4. The van der Waals surface area contributed by atoms with Gasteiger partial charge in [-0.25, -0.2) is 4.39 Å². The molecule has 0 bridgehead atoms. The van der Waals surface area contributed by atoms with Crippen LogP contribution in [-0.4, -0.2) is 16.7 Å². The fourth-order valence-electron chi connectivity index (χ4n) is 4.00.